The Morgan fingerprint density at radius 1 is 1.37 bits per heavy atom. The molecule has 0 radical (unpaired) electrons. The summed E-state index contributed by atoms with van der Waals surface area (Å²) in [4.78, 5) is 0.162. The van der Waals surface area contributed by atoms with Crippen LogP contribution in [-0.2, 0) is 9.05 Å². The van der Waals surface area contributed by atoms with Crippen LogP contribution in [0.25, 0.3) is 0 Å². The van der Waals surface area contributed by atoms with E-state index >= 15 is 0 Å². The highest BCUT2D eigenvalue weighted by molar-refractivity contribution is 8.13. The maximum absolute atomic E-state index is 11.5. The van der Waals surface area contributed by atoms with Crippen molar-refractivity contribution in [3.63, 3.8) is 0 Å². The van der Waals surface area contributed by atoms with E-state index in [0.717, 1.165) is 17.1 Å². The molecule has 0 fully saturated rings. The van der Waals surface area contributed by atoms with Crippen LogP contribution in [0.4, 0.5) is 0 Å². The molecule has 0 unspecified atom stereocenters. The Labute approximate surface area is 124 Å². The summed E-state index contributed by atoms with van der Waals surface area (Å²) in [6.45, 7) is 6.32. The van der Waals surface area contributed by atoms with Crippen LogP contribution >= 0.6 is 22.4 Å². The molecule has 0 spiro atoms. The van der Waals surface area contributed by atoms with Gasteiger partial charge in [-0.1, -0.05) is 13.8 Å². The molecular formula is C13H19ClO3S2. The molecule has 0 saturated heterocycles. The second kappa shape index (κ2) is 6.86. The predicted octanol–water partition coefficient (Wildman–Crippen LogP) is 3.79. The summed E-state index contributed by atoms with van der Waals surface area (Å²) >= 11 is 1.70. The standard InChI is InChI=1S/C13H19ClO3S2/c1-9(2)11-8-13(19(14,15)16)10(3)7-12(11)17-5-6-18-4/h7-9H,5-6H2,1-4H3. The molecule has 0 heterocycles. The van der Waals surface area contributed by atoms with E-state index in [9.17, 15) is 8.42 Å². The van der Waals surface area contributed by atoms with E-state index in [-0.39, 0.29) is 10.8 Å². The molecule has 0 N–H and O–H groups in total. The number of hydrogen-bond donors (Lipinski definition) is 0. The van der Waals surface area contributed by atoms with Crippen molar-refractivity contribution in [2.75, 3.05) is 18.6 Å². The fraction of sp³-hybridized carbons (Fsp3) is 0.538. The monoisotopic (exact) mass is 322 g/mol. The Kier molecular flexibility index (Phi) is 6.02. The molecule has 0 aliphatic heterocycles. The molecule has 1 rings (SSSR count). The van der Waals surface area contributed by atoms with Crippen molar-refractivity contribution >= 4 is 31.5 Å². The van der Waals surface area contributed by atoms with Gasteiger partial charge in [-0.3, -0.25) is 0 Å². The molecule has 108 valence electrons. The average Bonchev–Trinajstić information content (AvgIpc) is 2.27. The number of rotatable bonds is 6. The van der Waals surface area contributed by atoms with Gasteiger partial charge < -0.3 is 4.74 Å². The second-order valence-corrected chi connectivity index (χ2v) is 8.11. The fourth-order valence-corrected chi connectivity index (χ4v) is 3.21. The van der Waals surface area contributed by atoms with Gasteiger partial charge in [-0.15, -0.1) is 0 Å². The van der Waals surface area contributed by atoms with Crippen molar-refractivity contribution in [3.05, 3.63) is 23.3 Å². The third-order valence-electron chi connectivity index (χ3n) is 2.74. The molecule has 0 aliphatic rings. The van der Waals surface area contributed by atoms with Gasteiger partial charge in [0.1, 0.15) is 5.75 Å². The van der Waals surface area contributed by atoms with Crippen LogP contribution < -0.4 is 4.74 Å². The molecule has 0 atom stereocenters. The maximum Gasteiger partial charge on any atom is 0.261 e. The summed E-state index contributed by atoms with van der Waals surface area (Å²) in [6.07, 6.45) is 2.02. The molecule has 19 heavy (non-hydrogen) atoms. The highest BCUT2D eigenvalue weighted by atomic mass is 35.7. The van der Waals surface area contributed by atoms with Gasteiger partial charge in [0, 0.05) is 16.4 Å². The third-order valence-corrected chi connectivity index (χ3v) is 4.78. The van der Waals surface area contributed by atoms with Gasteiger partial charge in [0.15, 0.2) is 0 Å². The topological polar surface area (TPSA) is 43.4 Å². The predicted molar refractivity (Wildman–Crippen MR) is 82.2 cm³/mol. The van der Waals surface area contributed by atoms with E-state index in [1.54, 1.807) is 30.8 Å². The Hall–Kier alpha value is -0.390. The van der Waals surface area contributed by atoms with Crippen LogP contribution in [0.5, 0.6) is 5.75 Å². The van der Waals surface area contributed by atoms with Gasteiger partial charge >= 0.3 is 0 Å². The molecule has 6 heteroatoms. The number of ether oxygens (including phenoxy) is 1. The molecule has 0 bridgehead atoms. The van der Waals surface area contributed by atoms with Gasteiger partial charge in [0.25, 0.3) is 9.05 Å². The molecule has 1 aromatic carbocycles. The zero-order valence-corrected chi connectivity index (χ0v) is 14.0. The molecular weight excluding hydrogens is 304 g/mol. The second-order valence-electron chi connectivity index (χ2n) is 4.59. The Balaban J connectivity index is 3.22. The Morgan fingerprint density at radius 2 is 2.00 bits per heavy atom. The molecule has 0 aliphatic carbocycles. The van der Waals surface area contributed by atoms with Crippen LogP contribution in [0, 0.1) is 6.92 Å². The first-order valence-corrected chi connectivity index (χ1v) is 9.68. The normalized spacial score (nSPS) is 11.9. The Bertz CT molecular complexity index is 539. The quantitative estimate of drug-likeness (QED) is 0.590. The van der Waals surface area contributed by atoms with Crippen molar-refractivity contribution in [1.29, 1.82) is 0 Å². The average molecular weight is 323 g/mol. The van der Waals surface area contributed by atoms with Crippen molar-refractivity contribution in [2.45, 2.75) is 31.6 Å². The van der Waals surface area contributed by atoms with Gasteiger partial charge in [0.05, 0.1) is 11.5 Å². The van der Waals surface area contributed by atoms with Crippen molar-refractivity contribution in [3.8, 4) is 5.75 Å². The smallest absolute Gasteiger partial charge is 0.261 e. The number of benzene rings is 1. The van der Waals surface area contributed by atoms with Crippen LogP contribution in [-0.4, -0.2) is 27.0 Å². The lowest BCUT2D eigenvalue weighted by molar-refractivity contribution is 0.338. The summed E-state index contributed by atoms with van der Waals surface area (Å²) in [7, 11) is 1.73. The summed E-state index contributed by atoms with van der Waals surface area (Å²) in [6, 6.07) is 3.38. The molecule has 3 nitrogen and oxygen atoms in total. The van der Waals surface area contributed by atoms with E-state index in [2.05, 4.69) is 0 Å². The van der Waals surface area contributed by atoms with Gasteiger partial charge in [0.2, 0.25) is 0 Å². The largest absolute Gasteiger partial charge is 0.492 e. The molecule has 0 saturated carbocycles. The van der Waals surface area contributed by atoms with Gasteiger partial charge in [-0.05, 0) is 42.4 Å². The lowest BCUT2D eigenvalue weighted by Crippen LogP contribution is -2.06. The minimum absolute atomic E-state index is 0.162. The lowest BCUT2D eigenvalue weighted by Gasteiger charge is -2.16. The zero-order chi connectivity index (χ0) is 14.6. The number of aryl methyl sites for hydroxylation is 1. The summed E-state index contributed by atoms with van der Waals surface area (Å²) < 4.78 is 28.8. The highest BCUT2D eigenvalue weighted by Gasteiger charge is 2.19. The van der Waals surface area contributed by atoms with Crippen molar-refractivity contribution in [1.82, 2.24) is 0 Å². The minimum atomic E-state index is -3.72. The van der Waals surface area contributed by atoms with E-state index < -0.39 is 9.05 Å². The number of hydrogen-bond acceptors (Lipinski definition) is 4. The van der Waals surface area contributed by atoms with E-state index in [0.29, 0.717) is 12.2 Å². The first-order valence-electron chi connectivity index (χ1n) is 5.98. The first kappa shape index (κ1) is 16.7. The SMILES string of the molecule is CSCCOc1cc(C)c(S(=O)(=O)Cl)cc1C(C)C. The van der Waals surface area contributed by atoms with E-state index in [1.807, 2.05) is 20.1 Å². The number of thioether (sulfide) groups is 1. The zero-order valence-electron chi connectivity index (χ0n) is 11.6. The van der Waals surface area contributed by atoms with Crippen LogP contribution in [0.3, 0.4) is 0 Å². The van der Waals surface area contributed by atoms with E-state index in [1.165, 1.54) is 0 Å². The fourth-order valence-electron chi connectivity index (χ4n) is 1.75. The lowest BCUT2D eigenvalue weighted by atomic mass is 10.0. The highest BCUT2D eigenvalue weighted by Crippen LogP contribution is 2.33. The maximum atomic E-state index is 11.5. The first-order chi connectivity index (χ1) is 8.77. The molecule has 0 aromatic heterocycles. The van der Waals surface area contributed by atoms with Crippen molar-refractivity contribution < 1.29 is 13.2 Å². The van der Waals surface area contributed by atoms with Crippen molar-refractivity contribution in [2.24, 2.45) is 0 Å². The summed E-state index contributed by atoms with van der Waals surface area (Å²) in [5, 5.41) is 0. The van der Waals surface area contributed by atoms with Gasteiger partial charge in [-0.2, -0.15) is 11.8 Å². The summed E-state index contributed by atoms with van der Waals surface area (Å²) in [5.41, 5.74) is 1.48. The Morgan fingerprint density at radius 3 is 2.47 bits per heavy atom. The minimum Gasteiger partial charge on any atom is -0.492 e. The number of halogens is 1. The summed E-state index contributed by atoms with van der Waals surface area (Å²) in [5.74, 6) is 1.80. The van der Waals surface area contributed by atoms with E-state index in [4.69, 9.17) is 15.4 Å². The molecule has 0 amide bonds. The van der Waals surface area contributed by atoms with Crippen LogP contribution in [0.1, 0.15) is 30.9 Å². The van der Waals surface area contributed by atoms with Crippen LogP contribution in [0.15, 0.2) is 17.0 Å². The van der Waals surface area contributed by atoms with Crippen LogP contribution in [0.2, 0.25) is 0 Å². The van der Waals surface area contributed by atoms with Gasteiger partial charge in [-0.25, -0.2) is 8.42 Å². The molecule has 1 aromatic rings. The third kappa shape index (κ3) is 4.58.